The van der Waals surface area contributed by atoms with E-state index in [1.54, 1.807) is 6.07 Å². The van der Waals surface area contributed by atoms with Gasteiger partial charge in [0.1, 0.15) is 16.6 Å². The number of benzene rings is 1. The summed E-state index contributed by atoms with van der Waals surface area (Å²) in [6.07, 6.45) is 0.0264. The Kier molecular flexibility index (Phi) is 4.24. The van der Waals surface area contributed by atoms with Gasteiger partial charge in [0, 0.05) is 0 Å². The van der Waals surface area contributed by atoms with Crippen LogP contribution in [0.4, 0.5) is 4.39 Å². The van der Waals surface area contributed by atoms with E-state index in [1.165, 1.54) is 12.1 Å². The Morgan fingerprint density at radius 3 is 2.50 bits per heavy atom. The third kappa shape index (κ3) is 3.17. The van der Waals surface area contributed by atoms with Crippen LogP contribution in [0.1, 0.15) is 26.3 Å². The van der Waals surface area contributed by atoms with Gasteiger partial charge in [-0.2, -0.15) is 0 Å². The van der Waals surface area contributed by atoms with Crippen LogP contribution in [0.2, 0.25) is 0 Å². The molecule has 0 radical (unpaired) electrons. The Labute approximate surface area is 101 Å². The van der Waals surface area contributed by atoms with Gasteiger partial charge in [0.25, 0.3) is 0 Å². The third-order valence-corrected chi connectivity index (χ3v) is 2.68. The lowest BCUT2D eigenvalue weighted by Gasteiger charge is -2.20. The second-order valence-corrected chi connectivity index (χ2v) is 4.51. The van der Waals surface area contributed by atoms with Gasteiger partial charge < -0.3 is 10.5 Å². The molecule has 2 N–H and O–H groups in total. The molecule has 0 aliphatic carbocycles. The molecule has 0 fully saturated rings. The van der Waals surface area contributed by atoms with Gasteiger partial charge in [0.15, 0.2) is 0 Å². The Hall–Kier alpha value is -1.16. The quantitative estimate of drug-likeness (QED) is 0.823. The molecule has 1 unspecified atom stereocenters. The molecule has 1 aromatic rings. The van der Waals surface area contributed by atoms with Crippen LogP contribution >= 0.6 is 12.2 Å². The van der Waals surface area contributed by atoms with Gasteiger partial charge in [-0.05, 0) is 31.0 Å². The molecule has 88 valence electrons. The van der Waals surface area contributed by atoms with Gasteiger partial charge in [-0.15, -0.1) is 0 Å². The summed E-state index contributed by atoms with van der Waals surface area (Å²) in [6.45, 7) is 6.06. The Balaban J connectivity index is 2.99. The van der Waals surface area contributed by atoms with Crippen molar-refractivity contribution >= 4 is 17.2 Å². The van der Waals surface area contributed by atoms with Crippen LogP contribution in [-0.4, -0.2) is 11.1 Å². The van der Waals surface area contributed by atoms with Crippen molar-refractivity contribution in [3.63, 3.8) is 0 Å². The molecule has 0 amide bonds. The zero-order valence-corrected chi connectivity index (χ0v) is 10.5. The van der Waals surface area contributed by atoms with Crippen molar-refractivity contribution in [2.75, 3.05) is 0 Å². The summed E-state index contributed by atoms with van der Waals surface area (Å²) in [7, 11) is 0. The lowest BCUT2D eigenvalue weighted by Crippen LogP contribution is -2.21. The summed E-state index contributed by atoms with van der Waals surface area (Å²) in [4.78, 5) is 0.144. The molecule has 0 spiro atoms. The van der Waals surface area contributed by atoms with Gasteiger partial charge in [0.05, 0.1) is 11.7 Å². The molecule has 1 aromatic carbocycles. The van der Waals surface area contributed by atoms with Gasteiger partial charge in [-0.3, -0.25) is 0 Å². The fraction of sp³-hybridized carbons (Fsp3) is 0.417. The van der Waals surface area contributed by atoms with E-state index in [0.717, 1.165) is 0 Å². The van der Waals surface area contributed by atoms with Crippen molar-refractivity contribution < 1.29 is 9.13 Å². The fourth-order valence-corrected chi connectivity index (χ4v) is 1.29. The van der Waals surface area contributed by atoms with Gasteiger partial charge >= 0.3 is 0 Å². The van der Waals surface area contributed by atoms with Crippen molar-refractivity contribution in [1.29, 1.82) is 0 Å². The average Bonchev–Trinajstić information content (AvgIpc) is 2.20. The number of nitrogens with two attached hydrogens (primary N) is 1. The monoisotopic (exact) mass is 241 g/mol. The fourth-order valence-electron chi connectivity index (χ4n) is 1.13. The molecular weight excluding hydrogens is 225 g/mol. The Bertz CT molecular complexity index is 393. The zero-order valence-electron chi connectivity index (χ0n) is 9.66. The lowest BCUT2D eigenvalue weighted by molar-refractivity contribution is 0.170. The molecule has 0 aliphatic rings. The molecule has 0 bridgehead atoms. The molecule has 0 aliphatic heterocycles. The summed E-state index contributed by atoms with van der Waals surface area (Å²) < 4.78 is 18.7. The van der Waals surface area contributed by atoms with E-state index in [9.17, 15) is 4.39 Å². The zero-order chi connectivity index (χ0) is 12.3. The van der Waals surface area contributed by atoms with E-state index in [2.05, 4.69) is 13.8 Å². The van der Waals surface area contributed by atoms with Crippen molar-refractivity contribution in [3.8, 4) is 5.75 Å². The summed E-state index contributed by atoms with van der Waals surface area (Å²) in [6, 6.07) is 4.19. The number of hydrogen-bond donors (Lipinski definition) is 1. The third-order valence-electron chi connectivity index (χ3n) is 2.46. The van der Waals surface area contributed by atoms with Crippen molar-refractivity contribution in [1.82, 2.24) is 0 Å². The van der Waals surface area contributed by atoms with Crippen LogP contribution in [-0.2, 0) is 0 Å². The van der Waals surface area contributed by atoms with Crippen LogP contribution < -0.4 is 10.5 Å². The standard InChI is InChI=1S/C12H16FNOS/c1-7(2)8(3)15-11-5-4-9(13)6-10(11)12(14)16/h4-8H,1-3H3,(H2,14,16). The first-order valence-electron chi connectivity index (χ1n) is 5.18. The first-order chi connectivity index (χ1) is 7.41. The normalized spacial score (nSPS) is 12.6. The van der Waals surface area contributed by atoms with Crippen LogP contribution in [0.15, 0.2) is 18.2 Å². The highest BCUT2D eigenvalue weighted by Crippen LogP contribution is 2.22. The maximum absolute atomic E-state index is 13.0. The van der Waals surface area contributed by atoms with E-state index in [0.29, 0.717) is 17.2 Å². The van der Waals surface area contributed by atoms with Crippen LogP contribution in [0.25, 0.3) is 0 Å². The van der Waals surface area contributed by atoms with Gasteiger partial charge in [-0.25, -0.2) is 4.39 Å². The first-order valence-corrected chi connectivity index (χ1v) is 5.58. The molecule has 0 aromatic heterocycles. The Morgan fingerprint density at radius 2 is 2.00 bits per heavy atom. The number of rotatable bonds is 4. The SMILES string of the molecule is CC(C)C(C)Oc1ccc(F)cc1C(N)=S. The summed E-state index contributed by atoms with van der Waals surface area (Å²) in [5.41, 5.74) is 5.97. The second-order valence-electron chi connectivity index (χ2n) is 4.07. The maximum Gasteiger partial charge on any atom is 0.130 e. The number of halogens is 1. The summed E-state index contributed by atoms with van der Waals surface area (Å²) >= 11 is 4.86. The van der Waals surface area contributed by atoms with Crippen LogP contribution in [0.5, 0.6) is 5.75 Å². The largest absolute Gasteiger partial charge is 0.490 e. The second kappa shape index (κ2) is 5.25. The van der Waals surface area contributed by atoms with E-state index < -0.39 is 0 Å². The summed E-state index contributed by atoms with van der Waals surface area (Å²) in [5, 5.41) is 0. The molecule has 2 nitrogen and oxygen atoms in total. The maximum atomic E-state index is 13.0. The highest BCUT2D eigenvalue weighted by atomic mass is 32.1. The lowest BCUT2D eigenvalue weighted by atomic mass is 10.1. The molecule has 16 heavy (non-hydrogen) atoms. The molecular formula is C12H16FNOS. The summed E-state index contributed by atoms with van der Waals surface area (Å²) in [5.74, 6) is 0.534. The number of thiocarbonyl (C=S) groups is 1. The topological polar surface area (TPSA) is 35.2 Å². The molecule has 0 saturated carbocycles. The molecule has 4 heteroatoms. The molecule has 1 atom stereocenters. The van der Waals surface area contributed by atoms with Gasteiger partial charge in [0.2, 0.25) is 0 Å². The minimum atomic E-state index is -0.368. The first kappa shape index (κ1) is 12.9. The molecule has 0 saturated heterocycles. The minimum Gasteiger partial charge on any atom is -0.490 e. The predicted octanol–water partition coefficient (Wildman–Crippen LogP) is 2.88. The number of ether oxygens (including phenoxy) is 1. The van der Waals surface area contributed by atoms with E-state index in [1.807, 2.05) is 6.92 Å². The smallest absolute Gasteiger partial charge is 0.130 e. The Morgan fingerprint density at radius 1 is 1.38 bits per heavy atom. The van der Waals surface area contributed by atoms with Gasteiger partial charge in [-0.1, -0.05) is 26.1 Å². The minimum absolute atomic E-state index is 0.0264. The number of hydrogen-bond acceptors (Lipinski definition) is 2. The van der Waals surface area contributed by atoms with Crippen LogP contribution in [0, 0.1) is 11.7 Å². The highest BCUT2D eigenvalue weighted by Gasteiger charge is 2.13. The van der Waals surface area contributed by atoms with E-state index in [4.69, 9.17) is 22.7 Å². The molecule has 0 heterocycles. The predicted molar refractivity (Wildman–Crippen MR) is 67.2 cm³/mol. The van der Waals surface area contributed by atoms with Crippen molar-refractivity contribution in [2.45, 2.75) is 26.9 Å². The van der Waals surface area contributed by atoms with Crippen molar-refractivity contribution in [2.24, 2.45) is 11.7 Å². The van der Waals surface area contributed by atoms with Crippen molar-refractivity contribution in [3.05, 3.63) is 29.6 Å². The van der Waals surface area contributed by atoms with Crippen LogP contribution in [0.3, 0.4) is 0 Å². The average molecular weight is 241 g/mol. The molecule has 1 rings (SSSR count). The van der Waals surface area contributed by atoms with E-state index >= 15 is 0 Å². The van der Waals surface area contributed by atoms with E-state index in [-0.39, 0.29) is 16.9 Å². The highest BCUT2D eigenvalue weighted by molar-refractivity contribution is 7.80.